The lowest BCUT2D eigenvalue weighted by Crippen LogP contribution is -2.03. The Labute approximate surface area is 102 Å². The lowest BCUT2D eigenvalue weighted by Gasteiger charge is -2.15. The number of rotatable bonds is 5. The average molecular weight is 237 g/mol. The van der Waals surface area contributed by atoms with E-state index in [1.807, 2.05) is 13.0 Å². The highest BCUT2D eigenvalue weighted by Crippen LogP contribution is 2.37. The first kappa shape index (κ1) is 13.2. The van der Waals surface area contributed by atoms with Crippen LogP contribution in [0.15, 0.2) is 18.2 Å². The highest BCUT2D eigenvalue weighted by Gasteiger charge is 2.14. The van der Waals surface area contributed by atoms with E-state index >= 15 is 0 Å². The Morgan fingerprint density at radius 1 is 1.12 bits per heavy atom. The zero-order valence-corrected chi connectivity index (χ0v) is 10.7. The molecule has 0 aromatic heterocycles. The zero-order valence-electron chi connectivity index (χ0n) is 10.7. The fourth-order valence-electron chi connectivity index (χ4n) is 1.61. The normalized spacial score (nSPS) is 11.2. The molecule has 0 spiro atoms. The van der Waals surface area contributed by atoms with Gasteiger partial charge in [-0.2, -0.15) is 0 Å². The van der Waals surface area contributed by atoms with Gasteiger partial charge in [-0.15, -0.1) is 0 Å². The molecule has 1 aromatic carbocycles. The summed E-state index contributed by atoms with van der Waals surface area (Å²) in [5.74, 6) is 1.96. The summed E-state index contributed by atoms with van der Waals surface area (Å²) in [6, 6.07) is 3.57. The molecule has 0 saturated heterocycles. The molecular weight excluding hydrogens is 218 g/mol. The molecule has 0 unspecified atom stereocenters. The third kappa shape index (κ3) is 2.84. The van der Waals surface area contributed by atoms with Crippen molar-refractivity contribution in [2.24, 2.45) is 5.73 Å². The van der Waals surface area contributed by atoms with Gasteiger partial charge in [-0.25, -0.2) is 0 Å². The second-order valence-electron chi connectivity index (χ2n) is 3.47. The standard InChI is InChI=1S/C13H19NO3/c1-5-6-10(14)13-11(16-3)7-9(15-2)8-12(13)17-4/h6-8H,5,14H2,1-4H3. The minimum Gasteiger partial charge on any atom is -0.496 e. The average Bonchev–Trinajstić information content (AvgIpc) is 2.37. The third-order valence-corrected chi connectivity index (χ3v) is 2.43. The molecule has 0 aliphatic heterocycles. The maximum atomic E-state index is 6.01. The van der Waals surface area contributed by atoms with Crippen LogP contribution in [0, 0.1) is 0 Å². The number of hydrogen-bond donors (Lipinski definition) is 1. The van der Waals surface area contributed by atoms with Gasteiger partial charge in [0.25, 0.3) is 0 Å². The highest BCUT2D eigenvalue weighted by atomic mass is 16.5. The number of methoxy groups -OCH3 is 3. The van der Waals surface area contributed by atoms with Crippen molar-refractivity contribution >= 4 is 5.70 Å². The molecular formula is C13H19NO3. The lowest BCUT2D eigenvalue weighted by atomic mass is 10.1. The molecule has 1 rings (SSSR count). The fraction of sp³-hybridized carbons (Fsp3) is 0.385. The predicted octanol–water partition coefficient (Wildman–Crippen LogP) is 2.42. The van der Waals surface area contributed by atoms with Crippen LogP contribution >= 0.6 is 0 Å². The van der Waals surface area contributed by atoms with Crippen molar-refractivity contribution < 1.29 is 14.2 Å². The molecule has 4 nitrogen and oxygen atoms in total. The Bertz CT molecular complexity index is 388. The molecule has 1 aromatic rings. The summed E-state index contributed by atoms with van der Waals surface area (Å²) in [5.41, 5.74) is 7.41. The van der Waals surface area contributed by atoms with Crippen molar-refractivity contribution in [3.63, 3.8) is 0 Å². The Morgan fingerprint density at radius 2 is 1.65 bits per heavy atom. The molecule has 94 valence electrons. The van der Waals surface area contributed by atoms with E-state index in [9.17, 15) is 0 Å². The SMILES string of the molecule is CCC=C(N)c1c(OC)cc(OC)cc1OC. The van der Waals surface area contributed by atoms with E-state index in [2.05, 4.69) is 0 Å². The Hall–Kier alpha value is -1.84. The Kier molecular flexibility index (Phi) is 4.69. The topological polar surface area (TPSA) is 53.7 Å². The lowest BCUT2D eigenvalue weighted by molar-refractivity contribution is 0.373. The van der Waals surface area contributed by atoms with E-state index < -0.39 is 0 Å². The third-order valence-electron chi connectivity index (χ3n) is 2.43. The van der Waals surface area contributed by atoms with E-state index in [0.717, 1.165) is 12.0 Å². The van der Waals surface area contributed by atoms with Crippen LogP contribution in [0.5, 0.6) is 17.2 Å². The summed E-state index contributed by atoms with van der Waals surface area (Å²) in [6.45, 7) is 2.02. The monoisotopic (exact) mass is 237 g/mol. The molecule has 0 heterocycles. The van der Waals surface area contributed by atoms with Crippen LogP contribution in [0.3, 0.4) is 0 Å². The van der Waals surface area contributed by atoms with Gasteiger partial charge in [0, 0.05) is 17.8 Å². The summed E-state index contributed by atoms with van der Waals surface area (Å²) >= 11 is 0. The van der Waals surface area contributed by atoms with Gasteiger partial charge in [-0.1, -0.05) is 13.0 Å². The van der Waals surface area contributed by atoms with E-state index in [1.165, 1.54) is 0 Å². The maximum absolute atomic E-state index is 6.01. The van der Waals surface area contributed by atoms with Crippen LogP contribution in [-0.4, -0.2) is 21.3 Å². The van der Waals surface area contributed by atoms with Crippen molar-refractivity contribution in [2.75, 3.05) is 21.3 Å². The smallest absolute Gasteiger partial charge is 0.135 e. The number of allylic oxidation sites excluding steroid dienone is 1. The summed E-state index contributed by atoms with van der Waals surface area (Å²) in [4.78, 5) is 0. The second kappa shape index (κ2) is 6.03. The van der Waals surface area contributed by atoms with Crippen LogP contribution in [0.2, 0.25) is 0 Å². The molecule has 4 heteroatoms. The quantitative estimate of drug-likeness (QED) is 0.854. The first-order valence-electron chi connectivity index (χ1n) is 5.43. The highest BCUT2D eigenvalue weighted by molar-refractivity contribution is 5.74. The number of nitrogens with two attached hydrogens (primary N) is 1. The van der Waals surface area contributed by atoms with Crippen LogP contribution in [0.4, 0.5) is 0 Å². The van der Waals surface area contributed by atoms with Crippen molar-refractivity contribution in [1.29, 1.82) is 0 Å². The van der Waals surface area contributed by atoms with Gasteiger partial charge in [-0.3, -0.25) is 0 Å². The second-order valence-corrected chi connectivity index (χ2v) is 3.47. The predicted molar refractivity (Wildman–Crippen MR) is 68.6 cm³/mol. The summed E-state index contributed by atoms with van der Waals surface area (Å²) in [5, 5.41) is 0. The van der Waals surface area contributed by atoms with Crippen LogP contribution in [0.1, 0.15) is 18.9 Å². The molecule has 0 aliphatic carbocycles. The maximum Gasteiger partial charge on any atom is 0.135 e. The molecule has 0 radical (unpaired) electrons. The van der Waals surface area contributed by atoms with Crippen LogP contribution in [0.25, 0.3) is 5.70 Å². The van der Waals surface area contributed by atoms with Crippen molar-refractivity contribution in [3.8, 4) is 17.2 Å². The van der Waals surface area contributed by atoms with Crippen LogP contribution < -0.4 is 19.9 Å². The minimum absolute atomic E-state index is 0.642. The number of hydrogen-bond acceptors (Lipinski definition) is 4. The molecule has 0 aliphatic rings. The first-order valence-corrected chi connectivity index (χ1v) is 5.43. The van der Waals surface area contributed by atoms with Gasteiger partial charge >= 0.3 is 0 Å². The molecule has 17 heavy (non-hydrogen) atoms. The molecule has 0 atom stereocenters. The summed E-state index contributed by atoms with van der Waals surface area (Å²) in [6.07, 6.45) is 2.77. The van der Waals surface area contributed by atoms with Gasteiger partial charge in [0.15, 0.2) is 0 Å². The van der Waals surface area contributed by atoms with E-state index in [1.54, 1.807) is 33.5 Å². The van der Waals surface area contributed by atoms with Gasteiger partial charge in [0.2, 0.25) is 0 Å². The number of ether oxygens (including phenoxy) is 3. The van der Waals surface area contributed by atoms with Crippen molar-refractivity contribution in [2.45, 2.75) is 13.3 Å². The molecule has 0 fully saturated rings. The molecule has 0 amide bonds. The van der Waals surface area contributed by atoms with E-state index in [4.69, 9.17) is 19.9 Å². The Balaban J connectivity index is 3.39. The molecule has 0 saturated carbocycles. The summed E-state index contributed by atoms with van der Waals surface area (Å²) in [7, 11) is 4.78. The molecule has 0 bridgehead atoms. The van der Waals surface area contributed by atoms with Gasteiger partial charge in [0.05, 0.1) is 26.9 Å². The fourth-order valence-corrected chi connectivity index (χ4v) is 1.61. The Morgan fingerprint density at radius 3 is 2.00 bits per heavy atom. The first-order chi connectivity index (χ1) is 8.17. The van der Waals surface area contributed by atoms with E-state index in [-0.39, 0.29) is 0 Å². The molecule has 2 N–H and O–H groups in total. The van der Waals surface area contributed by atoms with Gasteiger partial charge in [-0.05, 0) is 6.42 Å². The minimum atomic E-state index is 0.642. The van der Waals surface area contributed by atoms with Crippen molar-refractivity contribution in [3.05, 3.63) is 23.8 Å². The zero-order chi connectivity index (χ0) is 12.8. The van der Waals surface area contributed by atoms with Crippen molar-refractivity contribution in [1.82, 2.24) is 0 Å². The summed E-state index contributed by atoms with van der Waals surface area (Å²) < 4.78 is 15.8. The van der Waals surface area contributed by atoms with Gasteiger partial charge < -0.3 is 19.9 Å². The van der Waals surface area contributed by atoms with Gasteiger partial charge in [0.1, 0.15) is 17.2 Å². The van der Waals surface area contributed by atoms with Crippen LogP contribution in [-0.2, 0) is 0 Å². The largest absolute Gasteiger partial charge is 0.496 e. The van der Waals surface area contributed by atoms with E-state index in [0.29, 0.717) is 22.9 Å². The number of benzene rings is 1.